The van der Waals surface area contributed by atoms with Crippen LogP contribution in [0.4, 0.5) is 0 Å². The summed E-state index contributed by atoms with van der Waals surface area (Å²) < 4.78 is 0. The molecule has 11 heteroatoms. The topological polar surface area (TPSA) is 79.7 Å². The fourth-order valence-corrected chi connectivity index (χ4v) is 8.91. The van der Waals surface area contributed by atoms with Gasteiger partial charge in [-0.2, -0.15) is 0 Å². The van der Waals surface area contributed by atoms with Crippen LogP contribution in [0.3, 0.4) is 0 Å². The molecule has 0 unspecified atom stereocenters. The van der Waals surface area contributed by atoms with E-state index in [1.54, 1.807) is 0 Å². The number of aliphatic hydroxyl groups excluding tert-OH is 1. The molecule has 0 bridgehead atoms. The Hall–Kier alpha value is -2.56. The van der Waals surface area contributed by atoms with Crippen LogP contribution in [0.5, 0.6) is 0 Å². The first-order valence-electron chi connectivity index (χ1n) is 15.7. The van der Waals surface area contributed by atoms with E-state index in [0.29, 0.717) is 41.0 Å². The van der Waals surface area contributed by atoms with Gasteiger partial charge in [0.2, 0.25) is 5.91 Å². The molecule has 2 fully saturated rings. The lowest BCUT2D eigenvalue weighted by atomic mass is 9.81. The number of aliphatic imine (C=N–C) groups is 1. The van der Waals surface area contributed by atoms with Crippen LogP contribution in [0.2, 0.25) is 10.0 Å². The monoisotopic (exact) mass is 669 g/mol. The summed E-state index contributed by atoms with van der Waals surface area (Å²) in [6, 6.07) is 14.8. The predicted octanol–water partition coefficient (Wildman–Crippen LogP) is 5.75. The second-order valence-electron chi connectivity index (χ2n) is 13.1. The summed E-state index contributed by atoms with van der Waals surface area (Å²) in [4.78, 5) is 42.5. The van der Waals surface area contributed by atoms with E-state index in [9.17, 15) is 14.7 Å². The third-order valence-corrected chi connectivity index (χ3v) is 11.4. The van der Waals surface area contributed by atoms with E-state index in [4.69, 9.17) is 28.2 Å². The van der Waals surface area contributed by atoms with Gasteiger partial charge in [-0.3, -0.25) is 14.5 Å². The smallest absolute Gasteiger partial charge is 0.263 e. The SMILES string of the molecule is CC(C)C1=C(C(=O)N2[C@H](C)CC[C@@H]2C(=O)N2CCN(C)[C@H](CO)C2)SC2=N[C@@](C)(c3ccc(Cl)cc3)[C@@H](c3ccc(Cl)cc3)N21. The van der Waals surface area contributed by atoms with E-state index in [2.05, 4.69) is 30.6 Å². The van der Waals surface area contributed by atoms with Crippen molar-refractivity contribution >= 4 is 51.9 Å². The maximum absolute atomic E-state index is 14.6. The summed E-state index contributed by atoms with van der Waals surface area (Å²) in [6.07, 6.45) is 1.39. The van der Waals surface area contributed by atoms with Crippen molar-refractivity contribution in [3.8, 4) is 0 Å². The van der Waals surface area contributed by atoms with Gasteiger partial charge in [-0.15, -0.1) is 0 Å². The van der Waals surface area contributed by atoms with Gasteiger partial charge in [0.1, 0.15) is 16.5 Å². The summed E-state index contributed by atoms with van der Waals surface area (Å²) in [5, 5.41) is 12.0. The van der Waals surface area contributed by atoms with Crippen LogP contribution in [-0.2, 0) is 15.1 Å². The number of piperazine rings is 1. The molecule has 4 aliphatic heterocycles. The summed E-state index contributed by atoms with van der Waals surface area (Å²) >= 11 is 14.0. The van der Waals surface area contributed by atoms with Crippen molar-refractivity contribution in [2.75, 3.05) is 33.3 Å². The Morgan fingerprint density at radius 2 is 1.69 bits per heavy atom. The number of likely N-dealkylation sites (tertiary alicyclic amines) is 1. The van der Waals surface area contributed by atoms with Crippen molar-refractivity contribution in [3.05, 3.63) is 80.3 Å². The molecule has 2 aromatic carbocycles. The highest BCUT2D eigenvalue weighted by Crippen LogP contribution is 2.56. The molecule has 6 rings (SSSR count). The Morgan fingerprint density at radius 3 is 2.31 bits per heavy atom. The van der Waals surface area contributed by atoms with Gasteiger partial charge in [-0.05, 0) is 86.8 Å². The zero-order valence-electron chi connectivity index (χ0n) is 26.4. The average molecular weight is 671 g/mol. The van der Waals surface area contributed by atoms with Gasteiger partial charge in [-0.25, -0.2) is 4.99 Å². The van der Waals surface area contributed by atoms with E-state index in [0.717, 1.165) is 28.4 Å². The van der Waals surface area contributed by atoms with Crippen LogP contribution in [0.15, 0.2) is 64.1 Å². The third kappa shape index (κ3) is 5.69. The third-order valence-electron chi connectivity index (χ3n) is 9.85. The standard InChI is InChI=1S/C34H41Cl2N5O3S/c1-20(2)28-29(32(44)40-21(3)6-15-27(40)31(43)39-17-16-38(5)26(18-39)19-42)45-33-37-34(4,23-9-13-25(36)14-10-23)30(41(28)33)22-7-11-24(35)12-8-22/h7-14,20-21,26-27,30,42H,6,15-19H2,1-5H3/t21-,26+,27-,30-,34+/m1/s1. The zero-order valence-corrected chi connectivity index (χ0v) is 28.7. The highest BCUT2D eigenvalue weighted by molar-refractivity contribution is 8.18. The average Bonchev–Trinajstić information content (AvgIpc) is 3.67. The van der Waals surface area contributed by atoms with Crippen molar-refractivity contribution in [2.24, 2.45) is 10.9 Å². The summed E-state index contributed by atoms with van der Waals surface area (Å²) in [6.45, 7) is 10.1. The van der Waals surface area contributed by atoms with E-state index >= 15 is 0 Å². The minimum Gasteiger partial charge on any atom is -0.395 e. The van der Waals surface area contributed by atoms with Gasteiger partial charge >= 0.3 is 0 Å². The molecular formula is C34H41Cl2N5O3S. The van der Waals surface area contributed by atoms with E-state index in [1.165, 1.54) is 11.8 Å². The lowest BCUT2D eigenvalue weighted by Crippen LogP contribution is -2.58. The van der Waals surface area contributed by atoms with Crippen LogP contribution in [-0.4, -0.2) is 93.1 Å². The van der Waals surface area contributed by atoms with Gasteiger partial charge in [0.15, 0.2) is 5.17 Å². The molecular weight excluding hydrogens is 629 g/mol. The molecule has 0 aromatic heterocycles. The minimum absolute atomic E-state index is 0.00700. The molecule has 0 spiro atoms. The number of carbonyl (C=O) groups excluding carboxylic acids is 2. The van der Waals surface area contributed by atoms with Gasteiger partial charge in [0, 0.05) is 41.4 Å². The van der Waals surface area contributed by atoms with Crippen molar-refractivity contribution in [1.29, 1.82) is 0 Å². The number of likely N-dealkylation sites (N-methyl/N-ethyl adjacent to an activating group) is 1. The maximum Gasteiger partial charge on any atom is 0.263 e. The van der Waals surface area contributed by atoms with Gasteiger partial charge in [0.05, 0.1) is 18.7 Å². The summed E-state index contributed by atoms with van der Waals surface area (Å²) in [5.74, 6) is -0.123. The van der Waals surface area contributed by atoms with Crippen molar-refractivity contribution < 1.29 is 14.7 Å². The Labute approximate surface area is 280 Å². The molecule has 4 heterocycles. The Morgan fingerprint density at radius 1 is 1.04 bits per heavy atom. The number of carbonyl (C=O) groups is 2. The quantitative estimate of drug-likeness (QED) is 0.422. The van der Waals surface area contributed by atoms with Crippen LogP contribution in [0.1, 0.15) is 57.7 Å². The second kappa shape index (κ2) is 12.6. The number of benzene rings is 2. The van der Waals surface area contributed by atoms with E-state index < -0.39 is 11.6 Å². The molecule has 2 aromatic rings. The van der Waals surface area contributed by atoms with Crippen molar-refractivity contribution in [1.82, 2.24) is 19.6 Å². The molecule has 5 atom stereocenters. The molecule has 0 radical (unpaired) electrons. The van der Waals surface area contributed by atoms with Gasteiger partial charge < -0.3 is 19.8 Å². The Balaban J connectivity index is 1.37. The number of hydrogen-bond donors (Lipinski definition) is 1. The fraction of sp³-hybridized carbons (Fsp3) is 0.500. The van der Waals surface area contributed by atoms with Crippen molar-refractivity contribution in [3.63, 3.8) is 0 Å². The largest absolute Gasteiger partial charge is 0.395 e. The van der Waals surface area contributed by atoms with Crippen molar-refractivity contribution in [2.45, 2.75) is 70.2 Å². The summed E-state index contributed by atoms with van der Waals surface area (Å²) in [5.41, 5.74) is 2.34. The first kappa shape index (κ1) is 32.4. The number of nitrogens with zero attached hydrogens (tertiary/aromatic N) is 5. The molecule has 2 amide bonds. The molecule has 8 nitrogen and oxygen atoms in total. The van der Waals surface area contributed by atoms with Gasteiger partial charge in [-0.1, -0.05) is 61.3 Å². The highest BCUT2D eigenvalue weighted by Gasteiger charge is 2.54. The number of halogens is 2. The van der Waals surface area contributed by atoms with E-state index in [-0.39, 0.29) is 42.5 Å². The van der Waals surface area contributed by atoms with Crippen LogP contribution >= 0.6 is 35.0 Å². The molecule has 240 valence electrons. The molecule has 4 aliphatic rings. The molecule has 0 aliphatic carbocycles. The van der Waals surface area contributed by atoms with Crippen LogP contribution in [0.25, 0.3) is 0 Å². The minimum atomic E-state index is -0.653. The first-order valence-corrected chi connectivity index (χ1v) is 17.3. The van der Waals surface area contributed by atoms with E-state index in [1.807, 2.05) is 72.3 Å². The number of amides is 2. The number of rotatable bonds is 6. The first-order chi connectivity index (χ1) is 21.4. The lowest BCUT2D eigenvalue weighted by Gasteiger charge is -2.41. The Kier molecular flexibility index (Phi) is 9.04. The highest BCUT2D eigenvalue weighted by atomic mass is 35.5. The number of thioether (sulfide) groups is 1. The Bertz CT molecular complexity index is 1530. The summed E-state index contributed by atoms with van der Waals surface area (Å²) in [7, 11) is 1.97. The predicted molar refractivity (Wildman–Crippen MR) is 181 cm³/mol. The van der Waals surface area contributed by atoms with Crippen LogP contribution in [0, 0.1) is 5.92 Å². The maximum atomic E-state index is 14.6. The van der Waals surface area contributed by atoms with Gasteiger partial charge in [0.25, 0.3) is 5.91 Å². The number of amidine groups is 1. The molecule has 1 N–H and O–H groups in total. The fourth-order valence-electron chi connectivity index (χ4n) is 7.30. The number of hydrogen-bond acceptors (Lipinski definition) is 7. The second-order valence-corrected chi connectivity index (χ2v) is 15.0. The number of fused-ring (bicyclic) bond motifs is 1. The molecule has 0 saturated carbocycles. The lowest BCUT2D eigenvalue weighted by molar-refractivity contribution is -0.145. The number of aliphatic hydroxyl groups is 1. The molecule has 45 heavy (non-hydrogen) atoms. The number of allylic oxidation sites excluding steroid dienone is 1. The zero-order chi connectivity index (χ0) is 32.2. The molecule has 2 saturated heterocycles. The normalized spacial score (nSPS) is 28.7. The van der Waals surface area contributed by atoms with Crippen LogP contribution < -0.4 is 0 Å².